The van der Waals surface area contributed by atoms with Crippen LogP contribution in [0.3, 0.4) is 0 Å². The molecule has 2 heterocycles. The van der Waals surface area contributed by atoms with Gasteiger partial charge in [0.25, 0.3) is 0 Å². The smallest absolute Gasteiger partial charge is 0.351 e. The van der Waals surface area contributed by atoms with Gasteiger partial charge in [-0.1, -0.05) is 5.16 Å². The largest absolute Gasteiger partial charge is 0.478 e. The van der Waals surface area contributed by atoms with Crippen molar-refractivity contribution in [1.29, 1.82) is 0 Å². The van der Waals surface area contributed by atoms with E-state index in [9.17, 15) is 4.79 Å². The fourth-order valence-corrected chi connectivity index (χ4v) is 1.24. The Bertz CT molecular complexity index is 382. The standard InChI is InChI=1S/C9H9NO4/c1-9(8(11)12)4-7(10-14-9)6-2-3-13-5-6/h2-3,5H,4H2,1H3,(H,11,12). The number of rotatable bonds is 2. The van der Waals surface area contributed by atoms with Crippen molar-refractivity contribution in [3.63, 3.8) is 0 Å². The first-order valence-electron chi connectivity index (χ1n) is 4.13. The summed E-state index contributed by atoms with van der Waals surface area (Å²) in [7, 11) is 0. The summed E-state index contributed by atoms with van der Waals surface area (Å²) in [6, 6.07) is 1.72. The van der Waals surface area contributed by atoms with E-state index < -0.39 is 11.6 Å². The molecule has 0 aliphatic carbocycles. The van der Waals surface area contributed by atoms with Crippen LogP contribution in [0.25, 0.3) is 0 Å². The van der Waals surface area contributed by atoms with Crippen molar-refractivity contribution in [3.05, 3.63) is 24.2 Å². The summed E-state index contributed by atoms with van der Waals surface area (Å²) >= 11 is 0. The number of furan rings is 1. The molecule has 1 unspecified atom stereocenters. The van der Waals surface area contributed by atoms with Gasteiger partial charge in [0.05, 0.1) is 18.2 Å². The first-order valence-corrected chi connectivity index (χ1v) is 4.13. The lowest BCUT2D eigenvalue weighted by molar-refractivity contribution is -0.160. The summed E-state index contributed by atoms with van der Waals surface area (Å²) in [6.45, 7) is 1.49. The quantitative estimate of drug-likeness (QED) is 0.770. The molecule has 0 aromatic carbocycles. The minimum absolute atomic E-state index is 0.252. The van der Waals surface area contributed by atoms with Crippen molar-refractivity contribution in [2.24, 2.45) is 5.16 Å². The van der Waals surface area contributed by atoms with E-state index >= 15 is 0 Å². The maximum atomic E-state index is 10.8. The van der Waals surface area contributed by atoms with E-state index in [0.717, 1.165) is 5.56 Å². The molecule has 0 saturated carbocycles. The van der Waals surface area contributed by atoms with Crippen LogP contribution in [-0.4, -0.2) is 22.4 Å². The Balaban J connectivity index is 2.19. The predicted molar refractivity (Wildman–Crippen MR) is 47.0 cm³/mol. The van der Waals surface area contributed by atoms with Crippen LogP contribution < -0.4 is 0 Å². The zero-order chi connectivity index (χ0) is 10.2. The van der Waals surface area contributed by atoms with Crippen molar-refractivity contribution in [1.82, 2.24) is 0 Å². The van der Waals surface area contributed by atoms with Crippen LogP contribution in [0.2, 0.25) is 0 Å². The molecule has 5 heteroatoms. The monoisotopic (exact) mass is 195 g/mol. The van der Waals surface area contributed by atoms with Crippen LogP contribution in [0.5, 0.6) is 0 Å². The molecule has 1 aliphatic rings. The fourth-order valence-electron chi connectivity index (χ4n) is 1.24. The van der Waals surface area contributed by atoms with Crippen LogP contribution in [0.15, 0.2) is 28.2 Å². The molecular formula is C9H9NO4. The van der Waals surface area contributed by atoms with Crippen molar-refractivity contribution < 1.29 is 19.2 Å². The minimum atomic E-state index is -1.24. The second-order valence-corrected chi connectivity index (χ2v) is 3.35. The van der Waals surface area contributed by atoms with Gasteiger partial charge in [-0.15, -0.1) is 0 Å². The molecule has 14 heavy (non-hydrogen) atoms. The van der Waals surface area contributed by atoms with Gasteiger partial charge < -0.3 is 14.4 Å². The fraction of sp³-hybridized carbons (Fsp3) is 0.333. The van der Waals surface area contributed by atoms with Gasteiger partial charge in [-0.05, 0) is 13.0 Å². The molecule has 0 saturated heterocycles. The number of carboxylic acids is 1. The van der Waals surface area contributed by atoms with Gasteiger partial charge in [-0.3, -0.25) is 0 Å². The first kappa shape index (κ1) is 8.80. The average Bonchev–Trinajstić information content (AvgIpc) is 2.72. The number of hydrogen-bond donors (Lipinski definition) is 1. The normalized spacial score (nSPS) is 25.6. The number of hydrogen-bond acceptors (Lipinski definition) is 4. The second kappa shape index (κ2) is 2.87. The van der Waals surface area contributed by atoms with E-state index in [1.165, 1.54) is 19.5 Å². The molecule has 1 aromatic rings. The number of carboxylic acid groups (broad SMARTS) is 1. The summed E-state index contributed by atoms with van der Waals surface area (Å²) in [4.78, 5) is 15.7. The Hall–Kier alpha value is -1.78. The lowest BCUT2D eigenvalue weighted by Gasteiger charge is -2.14. The van der Waals surface area contributed by atoms with E-state index in [0.29, 0.717) is 5.71 Å². The number of oxime groups is 1. The maximum absolute atomic E-state index is 10.8. The van der Waals surface area contributed by atoms with Crippen LogP contribution in [0.4, 0.5) is 0 Å². The third kappa shape index (κ3) is 1.26. The molecule has 1 aliphatic heterocycles. The van der Waals surface area contributed by atoms with Gasteiger partial charge in [0.15, 0.2) is 0 Å². The average molecular weight is 195 g/mol. The van der Waals surface area contributed by atoms with E-state index in [2.05, 4.69) is 5.16 Å². The molecule has 5 nitrogen and oxygen atoms in total. The lowest BCUT2D eigenvalue weighted by Crippen LogP contribution is -2.35. The van der Waals surface area contributed by atoms with Crippen molar-refractivity contribution in [2.75, 3.05) is 0 Å². The van der Waals surface area contributed by atoms with Gasteiger partial charge in [-0.2, -0.15) is 0 Å². The molecule has 0 radical (unpaired) electrons. The molecule has 0 amide bonds. The topological polar surface area (TPSA) is 72.0 Å². The van der Waals surface area contributed by atoms with Crippen LogP contribution in [0, 0.1) is 0 Å². The van der Waals surface area contributed by atoms with Gasteiger partial charge in [0.2, 0.25) is 5.60 Å². The second-order valence-electron chi connectivity index (χ2n) is 3.35. The molecule has 0 fully saturated rings. The summed E-state index contributed by atoms with van der Waals surface area (Å²) in [6.07, 6.45) is 3.27. The van der Waals surface area contributed by atoms with Gasteiger partial charge in [0, 0.05) is 12.0 Å². The Morgan fingerprint density at radius 2 is 2.50 bits per heavy atom. The summed E-state index contributed by atoms with van der Waals surface area (Å²) in [5, 5.41) is 12.6. The zero-order valence-corrected chi connectivity index (χ0v) is 7.56. The number of carbonyl (C=O) groups is 1. The summed E-state index contributed by atoms with van der Waals surface area (Å²) < 4.78 is 4.87. The molecule has 1 N–H and O–H groups in total. The van der Waals surface area contributed by atoms with Crippen LogP contribution >= 0.6 is 0 Å². The Morgan fingerprint density at radius 1 is 1.71 bits per heavy atom. The van der Waals surface area contributed by atoms with Crippen molar-refractivity contribution in [3.8, 4) is 0 Å². The first-order chi connectivity index (χ1) is 6.62. The van der Waals surface area contributed by atoms with Gasteiger partial charge >= 0.3 is 5.97 Å². The molecule has 74 valence electrons. The molecule has 2 rings (SSSR count). The lowest BCUT2D eigenvalue weighted by atomic mass is 9.98. The number of nitrogens with zero attached hydrogens (tertiary/aromatic N) is 1. The van der Waals surface area contributed by atoms with Gasteiger partial charge in [0.1, 0.15) is 0 Å². The highest BCUT2D eigenvalue weighted by Crippen LogP contribution is 2.26. The highest BCUT2D eigenvalue weighted by atomic mass is 16.7. The zero-order valence-electron chi connectivity index (χ0n) is 7.56. The highest BCUT2D eigenvalue weighted by Gasteiger charge is 2.42. The summed E-state index contributed by atoms with van der Waals surface area (Å²) in [5.41, 5.74) is 0.116. The van der Waals surface area contributed by atoms with Crippen LogP contribution in [-0.2, 0) is 9.63 Å². The van der Waals surface area contributed by atoms with Crippen molar-refractivity contribution >= 4 is 11.7 Å². The SMILES string of the molecule is CC1(C(=O)O)CC(c2ccoc2)=NO1. The van der Waals surface area contributed by atoms with Crippen LogP contribution in [0.1, 0.15) is 18.9 Å². The van der Waals surface area contributed by atoms with E-state index in [1.807, 2.05) is 0 Å². The molecule has 1 aromatic heterocycles. The van der Waals surface area contributed by atoms with Gasteiger partial charge in [-0.25, -0.2) is 4.79 Å². The Kier molecular flexibility index (Phi) is 1.80. The Labute approximate surface area is 80.0 Å². The molecule has 0 bridgehead atoms. The third-order valence-corrected chi connectivity index (χ3v) is 2.17. The molecular weight excluding hydrogens is 186 g/mol. The minimum Gasteiger partial charge on any atom is -0.478 e. The van der Waals surface area contributed by atoms with E-state index in [4.69, 9.17) is 14.4 Å². The highest BCUT2D eigenvalue weighted by molar-refractivity contribution is 6.04. The summed E-state index contributed by atoms with van der Waals surface area (Å²) in [5.74, 6) is -1.01. The predicted octanol–water partition coefficient (Wildman–Crippen LogP) is 1.25. The molecule has 0 spiro atoms. The van der Waals surface area contributed by atoms with E-state index in [1.54, 1.807) is 6.07 Å². The van der Waals surface area contributed by atoms with Crippen molar-refractivity contribution in [2.45, 2.75) is 18.9 Å². The Morgan fingerprint density at radius 3 is 3.00 bits per heavy atom. The number of aliphatic carboxylic acids is 1. The third-order valence-electron chi connectivity index (χ3n) is 2.17. The molecule has 1 atom stereocenters. The van der Waals surface area contributed by atoms with E-state index in [-0.39, 0.29) is 6.42 Å². The maximum Gasteiger partial charge on any atom is 0.351 e.